The molecule has 6 N–H and O–H groups in total. The van der Waals surface area contributed by atoms with E-state index in [0.29, 0.717) is 42.0 Å². The summed E-state index contributed by atoms with van der Waals surface area (Å²) >= 11 is 0. The Balaban J connectivity index is 0.000000658. The number of amidine groups is 1. The first-order valence-corrected chi connectivity index (χ1v) is 13.5. The number of aliphatic imine (C=N–C) groups is 1. The molecule has 2 aromatic rings. The average Bonchev–Trinajstić information content (AvgIpc) is 3.62. The van der Waals surface area contributed by atoms with E-state index in [1.165, 1.54) is 0 Å². The van der Waals surface area contributed by atoms with Crippen molar-refractivity contribution >= 4 is 35.3 Å². The molecule has 3 rings (SSSR count). The maximum Gasteiger partial charge on any atom is 0.430 e. The quantitative estimate of drug-likeness (QED) is 0.157. The fourth-order valence-corrected chi connectivity index (χ4v) is 3.54. The number of nitrogens with zero attached hydrogens (tertiary/aromatic N) is 1. The Morgan fingerprint density at radius 3 is 1.91 bits per heavy atom. The molecule has 0 bridgehead atoms. The van der Waals surface area contributed by atoms with Gasteiger partial charge in [0.15, 0.2) is 0 Å². The molecular formula is C28H33F6N5O8. The van der Waals surface area contributed by atoms with Crippen LogP contribution in [0, 0.1) is 0 Å². The van der Waals surface area contributed by atoms with E-state index in [4.69, 9.17) is 29.3 Å². The number of amides is 1. The third-order valence-corrected chi connectivity index (χ3v) is 5.53. The van der Waals surface area contributed by atoms with Crippen LogP contribution in [0.3, 0.4) is 0 Å². The average molecular weight is 682 g/mol. The number of rotatable bonds is 9. The van der Waals surface area contributed by atoms with Gasteiger partial charge in [0.25, 0.3) is 5.91 Å². The first-order valence-electron chi connectivity index (χ1n) is 13.5. The molecule has 0 saturated carbocycles. The zero-order chi connectivity index (χ0) is 36.2. The molecule has 1 amide bonds. The summed E-state index contributed by atoms with van der Waals surface area (Å²) in [5.41, 5.74) is 2.45. The van der Waals surface area contributed by atoms with Gasteiger partial charge in [-0.3, -0.25) is 10.1 Å². The van der Waals surface area contributed by atoms with E-state index in [9.17, 15) is 35.9 Å². The lowest BCUT2D eigenvalue weighted by atomic mass is 10.0. The molecule has 1 aliphatic rings. The van der Waals surface area contributed by atoms with Crippen LogP contribution in [-0.2, 0) is 27.3 Å². The predicted octanol–water partition coefficient (Wildman–Crippen LogP) is -0.290. The number of hydrogen-bond acceptors (Lipinski definition) is 9. The second-order valence-electron chi connectivity index (χ2n) is 10.3. The molecule has 0 spiro atoms. The zero-order valence-corrected chi connectivity index (χ0v) is 25.7. The standard InChI is InChI=1S/C24H31N5O4.2C2HF3O2/c1-6-17-20(22(30)28-14-19-25-11-12-26-19)18(29-21(17)23(31)33-24(2,3)4)13-27-15-7-9-16(32-5)10-8-15;2*3-2(4,5)1(6)7/h7-12,27,29H,6,13-14H2,1-5H3,(H,25,26)(H,28,30);2*(H,6,7). The van der Waals surface area contributed by atoms with Crippen LogP contribution in [0.1, 0.15) is 59.8 Å². The van der Waals surface area contributed by atoms with E-state index < -0.39 is 35.9 Å². The van der Waals surface area contributed by atoms with Crippen LogP contribution >= 0.6 is 0 Å². The van der Waals surface area contributed by atoms with Crippen molar-refractivity contribution in [2.75, 3.05) is 13.7 Å². The van der Waals surface area contributed by atoms with Gasteiger partial charge in [0, 0.05) is 12.1 Å². The number of nitrogens with two attached hydrogens (primary N) is 2. The van der Waals surface area contributed by atoms with Crippen molar-refractivity contribution in [2.45, 2.75) is 58.6 Å². The smallest absolute Gasteiger partial charge is 0.430 e. The summed E-state index contributed by atoms with van der Waals surface area (Å²) in [6.07, 6.45) is -6.37. The number of ether oxygens (including phenoxy) is 2. The number of nitrogens with one attached hydrogen (secondary N) is 2. The minimum Gasteiger partial charge on any atom is -0.542 e. The highest BCUT2D eigenvalue weighted by atomic mass is 19.4. The first-order chi connectivity index (χ1) is 21.6. The molecule has 1 aromatic carbocycles. The molecule has 19 heteroatoms. The molecule has 13 nitrogen and oxygen atoms in total. The molecule has 0 aliphatic carbocycles. The number of H-pyrrole nitrogens is 1. The summed E-state index contributed by atoms with van der Waals surface area (Å²) in [6.45, 7) is 8.13. The highest BCUT2D eigenvalue weighted by Crippen LogP contribution is 2.23. The summed E-state index contributed by atoms with van der Waals surface area (Å²) in [4.78, 5) is 51.1. The normalized spacial score (nSPS) is 12.5. The second kappa shape index (κ2) is 17.1. The maximum atomic E-state index is 13.2. The number of esters is 1. The molecule has 0 saturated heterocycles. The van der Waals surface area contributed by atoms with Crippen molar-refractivity contribution in [2.24, 2.45) is 4.99 Å². The van der Waals surface area contributed by atoms with Crippen LogP contribution in [0.2, 0.25) is 0 Å². The minimum atomic E-state index is -5.19. The molecule has 47 heavy (non-hydrogen) atoms. The van der Waals surface area contributed by atoms with Crippen LogP contribution in [0.5, 0.6) is 5.75 Å². The number of methoxy groups -OCH3 is 1. The molecule has 1 aliphatic heterocycles. The molecule has 260 valence electrons. The SMILES string of the molecule is CCc1c(C(=O)OC(C)(C)C)[nH]c(C[NH2+]c2ccc(OC)cc2)c1C(=O)NCC1=NC=C[NH2+]1.O=C([O-])C(F)(F)F.O=C([O-])C(F)(F)F. The Labute approximate surface area is 264 Å². The third kappa shape index (κ3) is 13.9. The number of halogens is 6. The van der Waals surface area contributed by atoms with Gasteiger partial charge < -0.3 is 44.9 Å². The number of benzene rings is 1. The number of hydrogen-bond donors (Lipinski definition) is 4. The molecule has 0 radical (unpaired) electrons. The molecule has 0 atom stereocenters. The number of quaternary nitrogens is 2. The molecular weight excluding hydrogens is 648 g/mol. The predicted molar refractivity (Wildman–Crippen MR) is 147 cm³/mol. The summed E-state index contributed by atoms with van der Waals surface area (Å²) < 4.78 is 73.9. The monoisotopic (exact) mass is 681 g/mol. The van der Waals surface area contributed by atoms with Gasteiger partial charge in [-0.15, -0.1) is 0 Å². The van der Waals surface area contributed by atoms with Crippen molar-refractivity contribution in [1.82, 2.24) is 10.3 Å². The van der Waals surface area contributed by atoms with E-state index in [1.807, 2.05) is 68.8 Å². The van der Waals surface area contributed by atoms with E-state index >= 15 is 0 Å². The van der Waals surface area contributed by atoms with Gasteiger partial charge in [-0.05, 0) is 44.9 Å². The Kier molecular flexibility index (Phi) is 14.6. The van der Waals surface area contributed by atoms with Crippen molar-refractivity contribution in [3.8, 4) is 5.75 Å². The van der Waals surface area contributed by atoms with Gasteiger partial charge in [0.2, 0.25) is 5.84 Å². The topological polar surface area (TPSA) is 206 Å². The molecule has 0 fully saturated rings. The van der Waals surface area contributed by atoms with Gasteiger partial charge >= 0.3 is 18.3 Å². The van der Waals surface area contributed by atoms with Crippen LogP contribution < -0.4 is 30.9 Å². The zero-order valence-electron chi connectivity index (χ0n) is 25.7. The summed E-state index contributed by atoms with van der Waals surface area (Å²) in [6, 6.07) is 7.64. The molecule has 0 unspecified atom stereocenters. The lowest BCUT2D eigenvalue weighted by Crippen LogP contribution is -2.82. The van der Waals surface area contributed by atoms with Gasteiger partial charge in [0.1, 0.15) is 54.0 Å². The number of alkyl halides is 6. The van der Waals surface area contributed by atoms with Crippen LogP contribution in [-0.4, -0.2) is 66.2 Å². The fraction of sp³-hybridized carbons (Fsp3) is 0.393. The number of carbonyl (C=O) groups is 4. The van der Waals surface area contributed by atoms with Gasteiger partial charge in [-0.2, -0.15) is 26.3 Å². The van der Waals surface area contributed by atoms with Crippen LogP contribution in [0.25, 0.3) is 0 Å². The Hall–Kier alpha value is -4.91. The number of aliphatic carboxylic acids is 2. The summed E-state index contributed by atoms with van der Waals surface area (Å²) in [5.74, 6) is -5.19. The number of aromatic amines is 1. The van der Waals surface area contributed by atoms with E-state index in [0.717, 1.165) is 17.3 Å². The number of carbonyl (C=O) groups excluding carboxylic acids is 4. The van der Waals surface area contributed by atoms with E-state index in [-0.39, 0.29) is 5.91 Å². The molecule has 1 aromatic heterocycles. The highest BCUT2D eigenvalue weighted by Gasteiger charge is 2.30. The van der Waals surface area contributed by atoms with Crippen LogP contribution in [0.15, 0.2) is 41.7 Å². The third-order valence-electron chi connectivity index (χ3n) is 5.53. The first kappa shape index (κ1) is 40.1. The fourth-order valence-electron chi connectivity index (χ4n) is 3.54. The lowest BCUT2D eigenvalue weighted by Gasteiger charge is -2.19. The number of aromatic nitrogens is 1. The number of carboxylic acid groups (broad SMARTS) is 2. The van der Waals surface area contributed by atoms with Gasteiger partial charge in [0.05, 0.1) is 24.6 Å². The Morgan fingerprint density at radius 1 is 0.979 bits per heavy atom. The molecule has 2 heterocycles. The Bertz CT molecular complexity index is 1440. The van der Waals surface area contributed by atoms with Crippen LogP contribution in [0.4, 0.5) is 32.0 Å². The summed E-state index contributed by atoms with van der Waals surface area (Å²) in [5, 5.41) is 24.3. The lowest BCUT2D eigenvalue weighted by molar-refractivity contribution is -0.589. The number of carboxylic acids is 2. The largest absolute Gasteiger partial charge is 0.542 e. The van der Waals surface area contributed by atoms with Gasteiger partial charge in [-0.25, -0.2) is 9.79 Å². The van der Waals surface area contributed by atoms with Gasteiger partial charge in [-0.1, -0.05) is 6.92 Å². The van der Waals surface area contributed by atoms with Crippen molar-refractivity contribution < 1.29 is 75.8 Å². The van der Waals surface area contributed by atoms with Crippen molar-refractivity contribution in [3.63, 3.8) is 0 Å². The van der Waals surface area contributed by atoms with Crippen molar-refractivity contribution in [3.05, 3.63) is 59.2 Å². The minimum absolute atomic E-state index is 0.251. The van der Waals surface area contributed by atoms with E-state index in [2.05, 4.69) is 15.3 Å². The Morgan fingerprint density at radius 2 is 1.51 bits per heavy atom. The highest BCUT2D eigenvalue weighted by molar-refractivity contribution is 6.02. The summed E-state index contributed by atoms with van der Waals surface area (Å²) in [7, 11) is 1.62. The van der Waals surface area contributed by atoms with Crippen molar-refractivity contribution in [1.29, 1.82) is 0 Å². The maximum absolute atomic E-state index is 13.2. The second-order valence-corrected chi connectivity index (χ2v) is 10.3. The van der Waals surface area contributed by atoms with E-state index in [1.54, 1.807) is 13.3 Å².